The molecule has 204 valence electrons. The van der Waals surface area contributed by atoms with Gasteiger partial charge in [0.1, 0.15) is 24.1 Å². The molecule has 4 rings (SSSR count). The third-order valence-electron chi connectivity index (χ3n) is 5.76. The Hall–Kier alpha value is -2.70. The van der Waals surface area contributed by atoms with Crippen LogP contribution in [0.4, 0.5) is 0 Å². The maximum absolute atomic E-state index is 14.1. The molecular weight excluding hydrogens is 695 g/mol. The van der Waals surface area contributed by atoms with Gasteiger partial charge in [0, 0.05) is 15.6 Å². The monoisotopic (exact) mass is 722 g/mol. The van der Waals surface area contributed by atoms with Crippen molar-refractivity contribution in [2.75, 3.05) is 13.2 Å². The Kier molecular flexibility index (Phi) is 9.50. The van der Waals surface area contributed by atoms with Gasteiger partial charge < -0.3 is 14.2 Å². The van der Waals surface area contributed by atoms with Crippen LogP contribution >= 0.6 is 49.9 Å². The Morgan fingerprint density at radius 2 is 2.05 bits per heavy atom. The van der Waals surface area contributed by atoms with E-state index in [1.54, 1.807) is 30.6 Å². The van der Waals surface area contributed by atoms with E-state index >= 15 is 0 Å². The lowest BCUT2D eigenvalue weighted by Crippen LogP contribution is -2.40. The molecule has 0 spiro atoms. The summed E-state index contributed by atoms with van der Waals surface area (Å²) in [5, 5.41) is 0. The van der Waals surface area contributed by atoms with Gasteiger partial charge >= 0.3 is 5.97 Å². The number of aromatic nitrogens is 1. The van der Waals surface area contributed by atoms with Crippen LogP contribution in [0.3, 0.4) is 0 Å². The van der Waals surface area contributed by atoms with E-state index in [0.717, 1.165) is 13.6 Å². The van der Waals surface area contributed by atoms with Crippen molar-refractivity contribution in [1.82, 2.24) is 4.57 Å². The van der Waals surface area contributed by atoms with Crippen LogP contribution in [0, 0.1) is 3.57 Å². The summed E-state index contributed by atoms with van der Waals surface area (Å²) < 4.78 is 21.2. The second-order valence-electron chi connectivity index (χ2n) is 8.91. The van der Waals surface area contributed by atoms with Crippen LogP contribution in [0.2, 0.25) is 0 Å². The van der Waals surface area contributed by atoms with Crippen molar-refractivity contribution in [2.45, 2.75) is 39.8 Å². The van der Waals surface area contributed by atoms with Crippen LogP contribution in [0.25, 0.3) is 6.08 Å². The number of allylic oxidation sites excluding steroid dienone is 1. The van der Waals surface area contributed by atoms with Gasteiger partial charge in [0.05, 0.1) is 32.1 Å². The van der Waals surface area contributed by atoms with E-state index in [4.69, 9.17) is 14.2 Å². The third-order valence-corrected chi connectivity index (χ3v) is 8.00. The fraction of sp³-hybridized carbons (Fsp3) is 0.276. The lowest BCUT2D eigenvalue weighted by atomic mass is 9.95. The molecule has 0 saturated carbocycles. The maximum Gasteiger partial charge on any atom is 0.338 e. The molecule has 0 saturated heterocycles. The van der Waals surface area contributed by atoms with E-state index < -0.39 is 12.0 Å². The van der Waals surface area contributed by atoms with Gasteiger partial charge in [-0.1, -0.05) is 58.1 Å². The standard InChI is InChI=1S/C29H28BrIN2O5S/c1-6-12-37-26-18(13-19(30)15-21(26)31)14-23-27(34)33-25(20-10-8-9-11-22(20)38-16(3)4)24(28(35)36-7-2)17(5)32-29(33)39-23/h6,8-11,13-16,25H,1,7,12H2,2-5H3/b23-14-/t25-/m1/s1. The van der Waals surface area contributed by atoms with Crippen molar-refractivity contribution in [3.8, 4) is 11.5 Å². The summed E-state index contributed by atoms with van der Waals surface area (Å²) in [5.41, 5.74) is 1.95. The van der Waals surface area contributed by atoms with Gasteiger partial charge in [0.15, 0.2) is 4.80 Å². The normalized spacial score (nSPS) is 15.2. The number of thiazole rings is 1. The van der Waals surface area contributed by atoms with Crippen molar-refractivity contribution in [3.63, 3.8) is 0 Å². The van der Waals surface area contributed by atoms with E-state index in [-0.39, 0.29) is 18.3 Å². The number of hydrogen-bond acceptors (Lipinski definition) is 7. The first-order valence-electron chi connectivity index (χ1n) is 12.3. The van der Waals surface area contributed by atoms with Crippen LogP contribution < -0.4 is 24.4 Å². The van der Waals surface area contributed by atoms with Gasteiger partial charge in [-0.3, -0.25) is 9.36 Å². The molecule has 3 aromatic rings. The van der Waals surface area contributed by atoms with Gasteiger partial charge in [-0.15, -0.1) is 0 Å². The number of esters is 1. The fourth-order valence-electron chi connectivity index (χ4n) is 4.28. The summed E-state index contributed by atoms with van der Waals surface area (Å²) in [5.74, 6) is 0.726. The van der Waals surface area contributed by atoms with Crippen LogP contribution in [-0.4, -0.2) is 29.9 Å². The highest BCUT2D eigenvalue weighted by Crippen LogP contribution is 2.36. The van der Waals surface area contributed by atoms with Gasteiger partial charge in [0.25, 0.3) is 5.56 Å². The minimum Gasteiger partial charge on any atom is -0.491 e. The molecule has 10 heteroatoms. The van der Waals surface area contributed by atoms with E-state index in [1.807, 2.05) is 50.2 Å². The molecule has 2 heterocycles. The molecule has 7 nitrogen and oxygen atoms in total. The summed E-state index contributed by atoms with van der Waals surface area (Å²) in [4.78, 5) is 32.4. The van der Waals surface area contributed by atoms with Gasteiger partial charge in [-0.25, -0.2) is 9.79 Å². The van der Waals surface area contributed by atoms with Crippen LogP contribution in [0.1, 0.15) is 44.9 Å². The van der Waals surface area contributed by atoms with Crippen molar-refractivity contribution >= 4 is 61.9 Å². The quantitative estimate of drug-likeness (QED) is 0.165. The number of para-hydroxylation sites is 1. The molecule has 0 bridgehead atoms. The van der Waals surface area contributed by atoms with Crippen LogP contribution in [0.15, 0.2) is 74.6 Å². The maximum atomic E-state index is 14.1. The smallest absolute Gasteiger partial charge is 0.338 e. The Morgan fingerprint density at radius 1 is 1.31 bits per heavy atom. The van der Waals surface area contributed by atoms with Crippen LogP contribution in [-0.2, 0) is 9.53 Å². The topological polar surface area (TPSA) is 79.1 Å². The average molecular weight is 723 g/mol. The summed E-state index contributed by atoms with van der Waals surface area (Å²) >= 11 is 7.01. The average Bonchev–Trinajstić information content (AvgIpc) is 3.17. The molecule has 0 amide bonds. The van der Waals surface area contributed by atoms with Gasteiger partial charge in [-0.05, 0) is 74.6 Å². The zero-order valence-corrected chi connectivity index (χ0v) is 26.6. The number of nitrogens with zero attached hydrogens (tertiary/aromatic N) is 2. The van der Waals surface area contributed by atoms with Gasteiger partial charge in [-0.2, -0.15) is 0 Å². The van der Waals surface area contributed by atoms with Crippen molar-refractivity contribution < 1.29 is 19.0 Å². The van der Waals surface area contributed by atoms with Crippen molar-refractivity contribution in [3.05, 3.63) is 99.2 Å². The lowest BCUT2D eigenvalue weighted by Gasteiger charge is -2.26. The minimum atomic E-state index is -0.767. The molecule has 0 unspecified atom stereocenters. The SMILES string of the molecule is C=CCOc1c(I)cc(Br)cc1/C=c1\sc2n(c1=O)[C@H](c1ccccc1OC(C)C)C(C(=O)OCC)=C(C)N=2. The summed E-state index contributed by atoms with van der Waals surface area (Å²) in [7, 11) is 0. The lowest BCUT2D eigenvalue weighted by molar-refractivity contribution is -0.139. The highest BCUT2D eigenvalue weighted by molar-refractivity contribution is 14.1. The first-order valence-corrected chi connectivity index (χ1v) is 15.0. The van der Waals surface area contributed by atoms with Gasteiger partial charge in [0.2, 0.25) is 0 Å². The Bertz CT molecular complexity index is 1640. The molecule has 1 aliphatic heterocycles. The minimum absolute atomic E-state index is 0.105. The number of ether oxygens (including phenoxy) is 3. The van der Waals surface area contributed by atoms with Crippen LogP contribution in [0.5, 0.6) is 11.5 Å². The van der Waals surface area contributed by atoms with E-state index in [9.17, 15) is 9.59 Å². The molecule has 2 aromatic carbocycles. The Balaban J connectivity index is 1.99. The van der Waals surface area contributed by atoms with Crippen molar-refractivity contribution in [2.24, 2.45) is 4.99 Å². The number of fused-ring (bicyclic) bond motifs is 1. The Labute approximate surface area is 252 Å². The fourth-order valence-corrected chi connectivity index (χ4v) is 7.02. The first-order chi connectivity index (χ1) is 18.7. The molecule has 1 aromatic heterocycles. The van der Waals surface area contributed by atoms with E-state index in [1.165, 1.54) is 11.3 Å². The summed E-state index contributed by atoms with van der Waals surface area (Å²) in [6.45, 7) is 11.6. The summed E-state index contributed by atoms with van der Waals surface area (Å²) in [6.07, 6.45) is 3.37. The van der Waals surface area contributed by atoms with E-state index in [0.29, 0.717) is 44.3 Å². The third kappa shape index (κ3) is 6.22. The molecule has 0 aliphatic carbocycles. The highest BCUT2D eigenvalue weighted by Gasteiger charge is 2.35. The number of hydrogen-bond donors (Lipinski definition) is 0. The molecule has 0 N–H and O–H groups in total. The summed E-state index contributed by atoms with van der Waals surface area (Å²) in [6, 6.07) is 10.5. The number of halogens is 2. The largest absolute Gasteiger partial charge is 0.491 e. The molecular formula is C29H28BrIN2O5S. The molecule has 39 heavy (non-hydrogen) atoms. The highest BCUT2D eigenvalue weighted by atomic mass is 127. The zero-order chi connectivity index (χ0) is 28.3. The zero-order valence-electron chi connectivity index (χ0n) is 22.0. The number of carbonyl (C=O) groups excluding carboxylic acids is 1. The predicted octanol–water partition coefficient (Wildman–Crippen LogP) is 5.52. The Morgan fingerprint density at radius 3 is 2.74 bits per heavy atom. The predicted molar refractivity (Wildman–Crippen MR) is 165 cm³/mol. The van der Waals surface area contributed by atoms with Crippen molar-refractivity contribution in [1.29, 1.82) is 0 Å². The second kappa shape index (κ2) is 12.6. The first kappa shape index (κ1) is 29.3. The molecule has 1 aliphatic rings. The molecule has 0 radical (unpaired) electrons. The van der Waals surface area contributed by atoms with E-state index in [2.05, 4.69) is 50.1 Å². The number of carbonyl (C=O) groups is 1. The number of benzene rings is 2. The number of rotatable bonds is 9. The molecule has 1 atom stereocenters. The molecule has 0 fully saturated rings. The second-order valence-corrected chi connectivity index (χ2v) is 12.0.